The predicted molar refractivity (Wildman–Crippen MR) is 79.9 cm³/mol. The summed E-state index contributed by atoms with van der Waals surface area (Å²) in [5, 5.41) is 0. The highest BCUT2D eigenvalue weighted by molar-refractivity contribution is 5.89. The lowest BCUT2D eigenvalue weighted by Crippen LogP contribution is -2.21. The van der Waals surface area contributed by atoms with Crippen molar-refractivity contribution < 1.29 is 19.0 Å². The highest BCUT2D eigenvalue weighted by Gasteiger charge is 2.18. The first-order chi connectivity index (χ1) is 10.7. The molecule has 0 aliphatic rings. The Bertz CT molecular complexity index is 693. The third-order valence-corrected chi connectivity index (χ3v) is 3.04. The lowest BCUT2D eigenvalue weighted by molar-refractivity contribution is 0.0597. The van der Waals surface area contributed by atoms with Crippen LogP contribution in [-0.4, -0.2) is 25.2 Å². The molecular formula is C16H17NO5. The number of ether oxygens (including phenoxy) is 3. The number of aromatic nitrogens is 1. The van der Waals surface area contributed by atoms with Crippen molar-refractivity contribution in [3.63, 3.8) is 0 Å². The summed E-state index contributed by atoms with van der Waals surface area (Å²) in [4.78, 5) is 26.8. The van der Waals surface area contributed by atoms with Crippen molar-refractivity contribution in [2.75, 3.05) is 14.2 Å². The number of H-pyrrole nitrogens is 1. The molecule has 0 amide bonds. The molecule has 1 aromatic heterocycles. The van der Waals surface area contributed by atoms with Gasteiger partial charge in [-0.05, 0) is 5.56 Å². The number of aromatic amines is 1. The Morgan fingerprint density at radius 2 is 1.86 bits per heavy atom. The molecule has 0 unspecified atom stereocenters. The molecule has 0 aliphatic carbocycles. The van der Waals surface area contributed by atoms with Crippen molar-refractivity contribution in [2.45, 2.75) is 13.2 Å². The highest BCUT2D eigenvalue weighted by atomic mass is 16.5. The average molecular weight is 303 g/mol. The van der Waals surface area contributed by atoms with E-state index in [1.807, 2.05) is 30.3 Å². The van der Waals surface area contributed by atoms with Gasteiger partial charge in [-0.15, -0.1) is 0 Å². The van der Waals surface area contributed by atoms with Crippen LogP contribution in [0.5, 0.6) is 5.75 Å². The van der Waals surface area contributed by atoms with Crippen LogP contribution in [0.2, 0.25) is 0 Å². The third kappa shape index (κ3) is 3.53. The number of hydrogen-bond acceptors (Lipinski definition) is 5. The lowest BCUT2D eigenvalue weighted by atomic mass is 10.2. The van der Waals surface area contributed by atoms with E-state index in [1.165, 1.54) is 20.4 Å². The maximum Gasteiger partial charge on any atom is 0.343 e. The van der Waals surface area contributed by atoms with E-state index in [0.717, 1.165) is 5.56 Å². The Hall–Kier alpha value is -2.60. The van der Waals surface area contributed by atoms with Gasteiger partial charge in [-0.2, -0.15) is 0 Å². The Labute approximate surface area is 127 Å². The second kappa shape index (κ2) is 7.42. The fourth-order valence-corrected chi connectivity index (χ4v) is 1.95. The smallest absolute Gasteiger partial charge is 0.343 e. The molecule has 6 nitrogen and oxygen atoms in total. The molecule has 1 aromatic carbocycles. The lowest BCUT2D eigenvalue weighted by Gasteiger charge is -2.11. The van der Waals surface area contributed by atoms with Gasteiger partial charge in [-0.3, -0.25) is 4.79 Å². The minimum absolute atomic E-state index is 0.0635. The SMILES string of the molecule is COCc1[nH]cc(C(=O)OC)c(=O)c1OCc1ccccc1. The van der Waals surface area contributed by atoms with Crippen LogP contribution in [0.25, 0.3) is 0 Å². The highest BCUT2D eigenvalue weighted by Crippen LogP contribution is 2.15. The van der Waals surface area contributed by atoms with Crippen LogP contribution in [0, 0.1) is 0 Å². The van der Waals surface area contributed by atoms with E-state index in [9.17, 15) is 9.59 Å². The van der Waals surface area contributed by atoms with Crippen LogP contribution in [0.15, 0.2) is 41.3 Å². The van der Waals surface area contributed by atoms with Gasteiger partial charge in [0.25, 0.3) is 0 Å². The molecule has 0 atom stereocenters. The summed E-state index contributed by atoms with van der Waals surface area (Å²) in [6.07, 6.45) is 1.30. The standard InChI is InChI=1S/C16H17NO5/c1-20-10-13-15(22-9-11-6-4-3-5-7-11)14(18)12(8-17-13)16(19)21-2/h3-8H,9-10H2,1-2H3,(H,17,18). The molecule has 0 bridgehead atoms. The third-order valence-electron chi connectivity index (χ3n) is 3.04. The van der Waals surface area contributed by atoms with Crippen molar-refractivity contribution in [3.05, 3.63) is 63.6 Å². The molecule has 2 aromatic rings. The molecule has 0 saturated carbocycles. The van der Waals surface area contributed by atoms with Gasteiger partial charge in [0.2, 0.25) is 5.43 Å². The van der Waals surface area contributed by atoms with E-state index in [-0.39, 0.29) is 24.5 Å². The van der Waals surface area contributed by atoms with E-state index in [1.54, 1.807) is 0 Å². The zero-order valence-electron chi connectivity index (χ0n) is 12.4. The second-order valence-electron chi connectivity index (χ2n) is 4.54. The van der Waals surface area contributed by atoms with E-state index >= 15 is 0 Å². The molecule has 22 heavy (non-hydrogen) atoms. The van der Waals surface area contributed by atoms with Crippen LogP contribution in [0.1, 0.15) is 21.6 Å². The monoisotopic (exact) mass is 303 g/mol. The van der Waals surface area contributed by atoms with Gasteiger partial charge < -0.3 is 19.2 Å². The number of pyridine rings is 1. The topological polar surface area (TPSA) is 77.6 Å². The largest absolute Gasteiger partial charge is 0.483 e. The first-order valence-electron chi connectivity index (χ1n) is 6.66. The molecule has 0 fully saturated rings. The maximum absolute atomic E-state index is 12.4. The number of nitrogens with one attached hydrogen (secondary N) is 1. The summed E-state index contributed by atoms with van der Waals surface area (Å²) in [6.45, 7) is 0.381. The fraction of sp³-hybridized carbons (Fsp3) is 0.250. The molecule has 0 aliphatic heterocycles. The molecule has 1 heterocycles. The van der Waals surface area contributed by atoms with Gasteiger partial charge in [0.05, 0.1) is 19.4 Å². The van der Waals surface area contributed by atoms with Crippen LogP contribution in [-0.2, 0) is 22.7 Å². The number of hydrogen-bond donors (Lipinski definition) is 1. The summed E-state index contributed by atoms with van der Waals surface area (Å²) in [5.41, 5.74) is 0.754. The van der Waals surface area contributed by atoms with Gasteiger partial charge in [0.15, 0.2) is 5.75 Å². The molecule has 0 saturated heterocycles. The van der Waals surface area contributed by atoms with Gasteiger partial charge in [-0.25, -0.2) is 4.79 Å². The Balaban J connectivity index is 2.33. The van der Waals surface area contributed by atoms with Crippen molar-refractivity contribution >= 4 is 5.97 Å². The average Bonchev–Trinajstić information content (AvgIpc) is 2.55. The molecule has 0 radical (unpaired) electrons. The van der Waals surface area contributed by atoms with Crippen molar-refractivity contribution in [3.8, 4) is 5.75 Å². The summed E-state index contributed by atoms with van der Waals surface area (Å²) >= 11 is 0. The number of benzene rings is 1. The van der Waals surface area contributed by atoms with E-state index in [2.05, 4.69) is 9.72 Å². The first-order valence-corrected chi connectivity index (χ1v) is 6.66. The zero-order valence-corrected chi connectivity index (χ0v) is 12.4. The van der Waals surface area contributed by atoms with E-state index in [0.29, 0.717) is 5.69 Å². The van der Waals surface area contributed by atoms with Gasteiger partial charge in [0, 0.05) is 13.3 Å². The summed E-state index contributed by atoms with van der Waals surface area (Å²) in [6, 6.07) is 9.42. The van der Waals surface area contributed by atoms with Gasteiger partial charge in [0.1, 0.15) is 12.2 Å². The summed E-state index contributed by atoms with van der Waals surface area (Å²) < 4.78 is 15.2. The van der Waals surface area contributed by atoms with Gasteiger partial charge in [-0.1, -0.05) is 30.3 Å². The van der Waals surface area contributed by atoms with Crippen LogP contribution in [0.4, 0.5) is 0 Å². The maximum atomic E-state index is 12.4. The predicted octanol–water partition coefficient (Wildman–Crippen LogP) is 1.89. The van der Waals surface area contributed by atoms with Gasteiger partial charge >= 0.3 is 5.97 Å². The summed E-state index contributed by atoms with van der Waals surface area (Å²) in [5.74, 6) is -0.650. The van der Waals surface area contributed by atoms with Crippen molar-refractivity contribution in [1.29, 1.82) is 0 Å². The first kappa shape index (κ1) is 15.8. The number of methoxy groups -OCH3 is 2. The Morgan fingerprint density at radius 1 is 1.14 bits per heavy atom. The van der Waals surface area contributed by atoms with Crippen molar-refractivity contribution in [1.82, 2.24) is 4.98 Å². The number of carbonyl (C=O) groups is 1. The number of rotatable bonds is 6. The molecule has 6 heteroatoms. The Morgan fingerprint density at radius 3 is 2.50 bits per heavy atom. The molecule has 1 N–H and O–H groups in total. The molecule has 116 valence electrons. The number of carbonyl (C=O) groups excluding carboxylic acids is 1. The van der Waals surface area contributed by atoms with Crippen LogP contribution >= 0.6 is 0 Å². The quantitative estimate of drug-likeness (QED) is 0.825. The summed E-state index contributed by atoms with van der Waals surface area (Å²) in [7, 11) is 2.73. The van der Waals surface area contributed by atoms with E-state index < -0.39 is 11.4 Å². The minimum atomic E-state index is -0.713. The minimum Gasteiger partial charge on any atom is -0.483 e. The second-order valence-corrected chi connectivity index (χ2v) is 4.54. The zero-order chi connectivity index (χ0) is 15.9. The van der Waals surface area contributed by atoms with Crippen LogP contribution in [0.3, 0.4) is 0 Å². The van der Waals surface area contributed by atoms with Crippen molar-refractivity contribution in [2.24, 2.45) is 0 Å². The molecule has 2 rings (SSSR count). The van der Waals surface area contributed by atoms with Crippen LogP contribution < -0.4 is 10.2 Å². The van der Waals surface area contributed by atoms with E-state index in [4.69, 9.17) is 9.47 Å². The molecule has 0 spiro atoms. The Kier molecular flexibility index (Phi) is 5.32. The molecular weight excluding hydrogens is 286 g/mol. The normalized spacial score (nSPS) is 10.3. The fourth-order valence-electron chi connectivity index (χ4n) is 1.95. The number of esters is 1.